The number of benzene rings is 4. The Kier molecular flexibility index (Phi) is 10.1. The minimum absolute atomic E-state index is 0.0661. The van der Waals surface area contributed by atoms with Gasteiger partial charge in [0, 0.05) is 19.0 Å². The predicted octanol–water partition coefficient (Wildman–Crippen LogP) is 5.89. The minimum Gasteiger partial charge on any atom is -0.352 e. The summed E-state index contributed by atoms with van der Waals surface area (Å²) < 4.78 is 29.1. The second-order valence-electron chi connectivity index (χ2n) is 11.4. The van der Waals surface area contributed by atoms with Gasteiger partial charge in [0.2, 0.25) is 11.8 Å². The van der Waals surface area contributed by atoms with E-state index in [9.17, 15) is 18.0 Å². The number of anilines is 1. The average Bonchev–Trinajstić information content (AvgIpc) is 3.56. The molecule has 0 spiro atoms. The van der Waals surface area contributed by atoms with Crippen LogP contribution in [0.2, 0.25) is 0 Å². The van der Waals surface area contributed by atoms with Crippen LogP contribution in [0.4, 0.5) is 5.69 Å². The van der Waals surface area contributed by atoms with Crippen LogP contribution in [0, 0.1) is 6.92 Å². The number of amides is 2. The fraction of sp³-hybridized carbons (Fsp3) is 0.278. The standard InChI is InChI=1S/C36H39N3O4S/c1-28-21-23-30(24-22-28)26-38(34(25-29-13-5-2-6-14-29)36(41)37-31-15-11-12-16-31)35(40)27-39(32-17-7-3-8-18-32)44(42,43)33-19-9-4-10-20-33/h2-10,13-14,17-24,31,34H,11-12,15-16,25-27H2,1H3,(H,37,41)/t34-/m0/s1. The average molecular weight is 610 g/mol. The molecule has 228 valence electrons. The molecule has 0 saturated heterocycles. The molecule has 2 amide bonds. The smallest absolute Gasteiger partial charge is 0.264 e. The van der Waals surface area contributed by atoms with E-state index in [-0.39, 0.29) is 23.4 Å². The molecule has 1 aliphatic carbocycles. The topological polar surface area (TPSA) is 86.8 Å². The van der Waals surface area contributed by atoms with Gasteiger partial charge in [-0.3, -0.25) is 13.9 Å². The summed E-state index contributed by atoms with van der Waals surface area (Å²) in [6.45, 7) is 1.68. The molecule has 0 radical (unpaired) electrons. The van der Waals surface area contributed by atoms with Gasteiger partial charge in [0.25, 0.3) is 10.0 Å². The van der Waals surface area contributed by atoms with Gasteiger partial charge >= 0.3 is 0 Å². The number of para-hydroxylation sites is 1. The zero-order chi connectivity index (χ0) is 30.9. The molecule has 1 aliphatic rings. The monoisotopic (exact) mass is 609 g/mol. The molecule has 4 aromatic rings. The highest BCUT2D eigenvalue weighted by Gasteiger charge is 2.35. The van der Waals surface area contributed by atoms with E-state index >= 15 is 0 Å². The van der Waals surface area contributed by atoms with Gasteiger partial charge in [0.05, 0.1) is 10.6 Å². The van der Waals surface area contributed by atoms with E-state index in [0.29, 0.717) is 12.1 Å². The van der Waals surface area contributed by atoms with Crippen LogP contribution in [0.25, 0.3) is 0 Å². The summed E-state index contributed by atoms with van der Waals surface area (Å²) in [6, 6.07) is 33.4. The van der Waals surface area contributed by atoms with Crippen molar-refractivity contribution in [2.75, 3.05) is 10.8 Å². The van der Waals surface area contributed by atoms with E-state index in [1.165, 1.54) is 12.1 Å². The Balaban J connectivity index is 1.54. The number of carbonyl (C=O) groups excluding carboxylic acids is 2. The van der Waals surface area contributed by atoms with Gasteiger partial charge in [0.1, 0.15) is 12.6 Å². The van der Waals surface area contributed by atoms with Crippen molar-refractivity contribution in [3.63, 3.8) is 0 Å². The van der Waals surface area contributed by atoms with Crippen LogP contribution in [0.5, 0.6) is 0 Å². The van der Waals surface area contributed by atoms with Crippen molar-refractivity contribution in [1.29, 1.82) is 0 Å². The van der Waals surface area contributed by atoms with Crippen molar-refractivity contribution in [3.8, 4) is 0 Å². The maximum atomic E-state index is 14.5. The lowest BCUT2D eigenvalue weighted by Gasteiger charge is -2.34. The summed E-state index contributed by atoms with van der Waals surface area (Å²) in [5.74, 6) is -0.685. The molecule has 8 heteroatoms. The highest BCUT2D eigenvalue weighted by atomic mass is 32.2. The molecule has 7 nitrogen and oxygen atoms in total. The fourth-order valence-electron chi connectivity index (χ4n) is 5.65. The second kappa shape index (κ2) is 14.4. The molecular formula is C36H39N3O4S. The lowest BCUT2D eigenvalue weighted by molar-refractivity contribution is -0.140. The third kappa shape index (κ3) is 7.74. The first-order valence-corrected chi connectivity index (χ1v) is 16.6. The van der Waals surface area contributed by atoms with Crippen molar-refractivity contribution in [3.05, 3.63) is 132 Å². The number of nitrogens with one attached hydrogen (secondary N) is 1. The zero-order valence-electron chi connectivity index (χ0n) is 25.0. The number of rotatable bonds is 12. The number of sulfonamides is 1. The van der Waals surface area contributed by atoms with E-state index in [1.807, 2.05) is 61.5 Å². The first-order valence-electron chi connectivity index (χ1n) is 15.1. The predicted molar refractivity (Wildman–Crippen MR) is 173 cm³/mol. The summed E-state index contributed by atoms with van der Waals surface area (Å²) in [5, 5.41) is 3.21. The zero-order valence-corrected chi connectivity index (χ0v) is 25.8. The maximum absolute atomic E-state index is 14.5. The molecule has 0 aromatic heterocycles. The molecule has 0 heterocycles. The summed E-state index contributed by atoms with van der Waals surface area (Å²) in [5.41, 5.74) is 3.22. The van der Waals surface area contributed by atoms with Gasteiger partial charge in [-0.25, -0.2) is 8.42 Å². The number of hydrogen-bond acceptors (Lipinski definition) is 4. The number of hydrogen-bond donors (Lipinski definition) is 1. The third-order valence-corrected chi connectivity index (χ3v) is 9.89. The molecule has 4 aromatic carbocycles. The van der Waals surface area contributed by atoms with E-state index in [1.54, 1.807) is 53.4 Å². The molecular weight excluding hydrogens is 570 g/mol. The molecule has 1 atom stereocenters. The number of carbonyl (C=O) groups is 2. The second-order valence-corrected chi connectivity index (χ2v) is 13.2. The fourth-order valence-corrected chi connectivity index (χ4v) is 7.09. The first kappa shape index (κ1) is 31.0. The van der Waals surface area contributed by atoms with Gasteiger partial charge in [0.15, 0.2) is 0 Å². The summed E-state index contributed by atoms with van der Waals surface area (Å²) >= 11 is 0. The maximum Gasteiger partial charge on any atom is 0.264 e. The Hall–Kier alpha value is -4.43. The molecule has 0 aliphatic heterocycles. The number of aryl methyl sites for hydroxylation is 1. The molecule has 1 fully saturated rings. The number of nitrogens with zero attached hydrogens (tertiary/aromatic N) is 2. The van der Waals surface area contributed by atoms with Crippen molar-refractivity contribution < 1.29 is 18.0 Å². The van der Waals surface area contributed by atoms with E-state index in [2.05, 4.69) is 5.32 Å². The van der Waals surface area contributed by atoms with E-state index in [4.69, 9.17) is 0 Å². The Morgan fingerprint density at radius 2 is 1.34 bits per heavy atom. The largest absolute Gasteiger partial charge is 0.352 e. The SMILES string of the molecule is Cc1ccc(CN(C(=O)CN(c2ccccc2)S(=O)(=O)c2ccccc2)[C@@H](Cc2ccccc2)C(=O)NC2CCCC2)cc1. The van der Waals surface area contributed by atoms with Crippen molar-refractivity contribution in [2.45, 2.75) is 62.6 Å². The Morgan fingerprint density at radius 1 is 0.773 bits per heavy atom. The van der Waals surface area contributed by atoms with Gasteiger partial charge < -0.3 is 10.2 Å². The van der Waals surface area contributed by atoms with Gasteiger partial charge in [-0.2, -0.15) is 0 Å². The van der Waals surface area contributed by atoms with Crippen LogP contribution in [0.15, 0.2) is 120 Å². The van der Waals surface area contributed by atoms with E-state index < -0.39 is 28.5 Å². The van der Waals surface area contributed by atoms with E-state index in [0.717, 1.165) is 46.7 Å². The van der Waals surface area contributed by atoms with Crippen molar-refractivity contribution >= 4 is 27.5 Å². The van der Waals surface area contributed by atoms with Crippen molar-refractivity contribution in [1.82, 2.24) is 10.2 Å². The molecule has 5 rings (SSSR count). The highest BCUT2D eigenvalue weighted by Crippen LogP contribution is 2.25. The van der Waals surface area contributed by atoms with Crippen LogP contribution in [-0.2, 0) is 32.6 Å². The summed E-state index contributed by atoms with van der Waals surface area (Å²) in [7, 11) is -4.10. The quantitative estimate of drug-likeness (QED) is 0.217. The Morgan fingerprint density at radius 3 is 1.95 bits per heavy atom. The first-order chi connectivity index (χ1) is 21.3. The van der Waals surface area contributed by atoms with Crippen LogP contribution < -0.4 is 9.62 Å². The van der Waals surface area contributed by atoms with Crippen LogP contribution >= 0.6 is 0 Å². The Bertz CT molecular complexity index is 1620. The lowest BCUT2D eigenvalue weighted by Crippen LogP contribution is -2.54. The van der Waals surface area contributed by atoms with Crippen LogP contribution in [0.1, 0.15) is 42.4 Å². The molecule has 1 N–H and O–H groups in total. The summed E-state index contributed by atoms with van der Waals surface area (Å²) in [6.07, 6.45) is 4.24. The molecule has 0 unspecified atom stereocenters. The summed E-state index contributed by atoms with van der Waals surface area (Å²) in [4.78, 5) is 30.2. The highest BCUT2D eigenvalue weighted by molar-refractivity contribution is 7.92. The van der Waals surface area contributed by atoms with Crippen LogP contribution in [-0.4, -0.2) is 43.8 Å². The van der Waals surface area contributed by atoms with Gasteiger partial charge in [-0.05, 0) is 55.2 Å². The minimum atomic E-state index is -4.10. The molecule has 44 heavy (non-hydrogen) atoms. The van der Waals surface area contributed by atoms with Gasteiger partial charge in [-0.15, -0.1) is 0 Å². The normalized spacial score (nSPS) is 14.1. The molecule has 1 saturated carbocycles. The van der Waals surface area contributed by atoms with Crippen molar-refractivity contribution in [2.24, 2.45) is 0 Å². The van der Waals surface area contributed by atoms with Gasteiger partial charge in [-0.1, -0.05) is 109 Å². The lowest BCUT2D eigenvalue weighted by atomic mass is 10.0. The Labute approximate surface area is 260 Å². The van der Waals surface area contributed by atoms with Crippen LogP contribution in [0.3, 0.4) is 0 Å². The third-order valence-electron chi connectivity index (χ3n) is 8.10. The molecule has 0 bridgehead atoms.